The molecule has 1 aromatic heterocycles. The van der Waals surface area contributed by atoms with E-state index in [1.165, 1.54) is 19.0 Å². The molecule has 18 heavy (non-hydrogen) atoms. The first-order valence-corrected chi connectivity index (χ1v) is 6.19. The molecule has 1 saturated carbocycles. The van der Waals surface area contributed by atoms with Gasteiger partial charge in [0, 0.05) is 36.9 Å². The van der Waals surface area contributed by atoms with E-state index in [9.17, 15) is 4.79 Å². The fourth-order valence-corrected chi connectivity index (χ4v) is 2.93. The predicted octanol–water partition coefficient (Wildman–Crippen LogP) is -0.236. The summed E-state index contributed by atoms with van der Waals surface area (Å²) in [4.78, 5) is 21.8. The molecular formula is C12H17N5O. The second-order valence-corrected chi connectivity index (χ2v) is 5.18. The Morgan fingerprint density at radius 3 is 2.78 bits per heavy atom. The SMILES string of the molecule is CNC1CN(c2nccnc2C(N)=O)CC12CC2. The van der Waals surface area contributed by atoms with Gasteiger partial charge >= 0.3 is 0 Å². The van der Waals surface area contributed by atoms with Crippen LogP contribution >= 0.6 is 0 Å². The van der Waals surface area contributed by atoms with E-state index in [0.717, 1.165) is 13.1 Å². The van der Waals surface area contributed by atoms with Crippen molar-refractivity contribution in [3.63, 3.8) is 0 Å². The van der Waals surface area contributed by atoms with Crippen molar-refractivity contribution in [1.29, 1.82) is 0 Å². The van der Waals surface area contributed by atoms with Crippen molar-refractivity contribution in [3.05, 3.63) is 18.1 Å². The van der Waals surface area contributed by atoms with Gasteiger partial charge in [0.25, 0.3) is 5.91 Å². The minimum atomic E-state index is -0.518. The van der Waals surface area contributed by atoms with Crippen molar-refractivity contribution in [2.75, 3.05) is 25.0 Å². The third-order valence-electron chi connectivity index (χ3n) is 4.10. The summed E-state index contributed by atoms with van der Waals surface area (Å²) in [6.07, 6.45) is 5.58. The standard InChI is InChI=1S/C12H17N5O/c1-14-8-6-17(7-12(8)2-3-12)11-9(10(13)18)15-4-5-16-11/h4-5,8,14H,2-3,6-7H2,1H3,(H2,13,18). The number of nitrogens with two attached hydrogens (primary N) is 1. The Balaban J connectivity index is 1.91. The number of rotatable bonds is 3. The van der Waals surface area contributed by atoms with Gasteiger partial charge in [0.15, 0.2) is 11.5 Å². The van der Waals surface area contributed by atoms with Gasteiger partial charge in [0.05, 0.1) is 0 Å². The first kappa shape index (κ1) is 11.4. The maximum absolute atomic E-state index is 11.4. The number of hydrogen-bond donors (Lipinski definition) is 2. The smallest absolute Gasteiger partial charge is 0.271 e. The second kappa shape index (κ2) is 3.91. The van der Waals surface area contributed by atoms with E-state index in [0.29, 0.717) is 17.3 Å². The molecule has 0 bridgehead atoms. The van der Waals surface area contributed by atoms with Crippen LogP contribution in [0.4, 0.5) is 5.82 Å². The van der Waals surface area contributed by atoms with E-state index in [1.807, 2.05) is 7.05 Å². The lowest BCUT2D eigenvalue weighted by Gasteiger charge is -2.18. The second-order valence-electron chi connectivity index (χ2n) is 5.18. The number of likely N-dealkylation sites (N-methyl/N-ethyl adjacent to an activating group) is 1. The van der Waals surface area contributed by atoms with Gasteiger partial charge in [0.1, 0.15) is 0 Å². The average Bonchev–Trinajstić information content (AvgIpc) is 3.03. The van der Waals surface area contributed by atoms with Crippen LogP contribution in [0.25, 0.3) is 0 Å². The maximum Gasteiger partial charge on any atom is 0.271 e. The van der Waals surface area contributed by atoms with Gasteiger partial charge in [-0.2, -0.15) is 0 Å². The number of anilines is 1. The van der Waals surface area contributed by atoms with E-state index in [4.69, 9.17) is 5.73 Å². The van der Waals surface area contributed by atoms with Crippen LogP contribution in [0.15, 0.2) is 12.4 Å². The molecule has 1 atom stereocenters. The lowest BCUT2D eigenvalue weighted by Crippen LogP contribution is -2.34. The minimum absolute atomic E-state index is 0.269. The molecular weight excluding hydrogens is 230 g/mol. The number of carbonyl (C=O) groups is 1. The highest BCUT2D eigenvalue weighted by Gasteiger charge is 2.55. The third kappa shape index (κ3) is 1.64. The molecule has 1 saturated heterocycles. The lowest BCUT2D eigenvalue weighted by atomic mass is 10.0. The Kier molecular flexibility index (Phi) is 2.48. The third-order valence-corrected chi connectivity index (χ3v) is 4.10. The van der Waals surface area contributed by atoms with Gasteiger partial charge in [-0.05, 0) is 19.9 Å². The van der Waals surface area contributed by atoms with Crippen LogP contribution in [0.1, 0.15) is 23.3 Å². The van der Waals surface area contributed by atoms with Crippen molar-refractivity contribution in [3.8, 4) is 0 Å². The maximum atomic E-state index is 11.4. The Morgan fingerprint density at radius 1 is 1.50 bits per heavy atom. The number of carbonyl (C=O) groups excluding carboxylic acids is 1. The highest BCUT2D eigenvalue weighted by molar-refractivity contribution is 5.95. The van der Waals surface area contributed by atoms with Crippen molar-refractivity contribution < 1.29 is 4.79 Å². The predicted molar refractivity (Wildman–Crippen MR) is 67.3 cm³/mol. The van der Waals surface area contributed by atoms with E-state index < -0.39 is 5.91 Å². The molecule has 1 amide bonds. The molecule has 2 heterocycles. The Hall–Kier alpha value is -1.69. The first-order valence-electron chi connectivity index (χ1n) is 6.19. The Morgan fingerprint density at radius 2 is 2.22 bits per heavy atom. The number of nitrogens with zero attached hydrogens (tertiary/aromatic N) is 3. The van der Waals surface area contributed by atoms with E-state index >= 15 is 0 Å². The zero-order valence-corrected chi connectivity index (χ0v) is 10.4. The quantitative estimate of drug-likeness (QED) is 0.770. The summed E-state index contributed by atoms with van der Waals surface area (Å²) < 4.78 is 0. The molecule has 6 heteroatoms. The largest absolute Gasteiger partial charge is 0.364 e. The van der Waals surface area contributed by atoms with Gasteiger partial charge in [0.2, 0.25) is 0 Å². The van der Waals surface area contributed by atoms with Gasteiger partial charge < -0.3 is 16.0 Å². The van der Waals surface area contributed by atoms with Crippen LogP contribution in [0.5, 0.6) is 0 Å². The molecule has 0 aromatic carbocycles. The summed E-state index contributed by atoms with van der Waals surface area (Å²) in [5, 5.41) is 3.36. The highest BCUT2D eigenvalue weighted by atomic mass is 16.1. The number of hydrogen-bond acceptors (Lipinski definition) is 5. The molecule has 1 aromatic rings. The monoisotopic (exact) mass is 247 g/mol. The van der Waals surface area contributed by atoms with E-state index in [1.54, 1.807) is 6.20 Å². The van der Waals surface area contributed by atoms with Crippen LogP contribution in [-0.2, 0) is 0 Å². The van der Waals surface area contributed by atoms with Gasteiger partial charge in [-0.1, -0.05) is 0 Å². The highest BCUT2D eigenvalue weighted by Crippen LogP contribution is 2.53. The van der Waals surface area contributed by atoms with Crippen molar-refractivity contribution in [2.45, 2.75) is 18.9 Å². The molecule has 6 nitrogen and oxygen atoms in total. The molecule has 1 spiro atoms. The molecule has 3 rings (SSSR count). The zero-order valence-electron chi connectivity index (χ0n) is 10.4. The molecule has 2 aliphatic rings. The van der Waals surface area contributed by atoms with Crippen LogP contribution in [0.3, 0.4) is 0 Å². The fraction of sp³-hybridized carbons (Fsp3) is 0.583. The van der Waals surface area contributed by atoms with Crippen molar-refractivity contribution in [1.82, 2.24) is 15.3 Å². The zero-order chi connectivity index (χ0) is 12.8. The van der Waals surface area contributed by atoms with Gasteiger partial charge in [-0.3, -0.25) is 4.79 Å². The molecule has 96 valence electrons. The van der Waals surface area contributed by atoms with Gasteiger partial charge in [-0.25, -0.2) is 9.97 Å². The summed E-state index contributed by atoms with van der Waals surface area (Å²) >= 11 is 0. The Labute approximate surface area is 106 Å². The summed E-state index contributed by atoms with van der Waals surface area (Å²) in [6, 6.07) is 0.459. The molecule has 3 N–H and O–H groups in total. The summed E-state index contributed by atoms with van der Waals surface area (Å²) in [7, 11) is 1.99. The average molecular weight is 247 g/mol. The number of primary amides is 1. The van der Waals surface area contributed by atoms with Gasteiger partial charge in [-0.15, -0.1) is 0 Å². The van der Waals surface area contributed by atoms with Crippen LogP contribution < -0.4 is 16.0 Å². The summed E-state index contributed by atoms with van der Waals surface area (Å²) in [5.41, 5.74) is 5.98. The summed E-state index contributed by atoms with van der Waals surface area (Å²) in [6.45, 7) is 1.78. The number of aromatic nitrogens is 2. The molecule has 1 aliphatic carbocycles. The fourth-order valence-electron chi connectivity index (χ4n) is 2.93. The van der Waals surface area contributed by atoms with Crippen LogP contribution in [0, 0.1) is 5.41 Å². The van der Waals surface area contributed by atoms with Crippen LogP contribution in [0.2, 0.25) is 0 Å². The normalized spacial score (nSPS) is 24.5. The van der Waals surface area contributed by atoms with E-state index in [2.05, 4.69) is 20.2 Å². The molecule has 0 radical (unpaired) electrons. The van der Waals surface area contributed by atoms with Crippen molar-refractivity contribution in [2.24, 2.45) is 11.1 Å². The number of amides is 1. The topological polar surface area (TPSA) is 84.1 Å². The number of nitrogens with one attached hydrogen (secondary N) is 1. The minimum Gasteiger partial charge on any atom is -0.364 e. The van der Waals surface area contributed by atoms with E-state index in [-0.39, 0.29) is 5.69 Å². The Bertz CT molecular complexity index is 485. The molecule has 2 fully saturated rings. The molecule has 1 aliphatic heterocycles. The van der Waals surface area contributed by atoms with Crippen LogP contribution in [-0.4, -0.2) is 42.1 Å². The molecule has 1 unspecified atom stereocenters. The van der Waals surface area contributed by atoms with Crippen molar-refractivity contribution >= 4 is 11.7 Å². The lowest BCUT2D eigenvalue weighted by molar-refractivity contribution is 0.0995. The first-order chi connectivity index (χ1) is 8.66. The summed E-state index contributed by atoms with van der Waals surface area (Å²) in [5.74, 6) is 0.102.